The van der Waals surface area contributed by atoms with E-state index in [4.69, 9.17) is 0 Å². The lowest BCUT2D eigenvalue weighted by Gasteiger charge is -2.16. The second-order valence-corrected chi connectivity index (χ2v) is 14.9. The van der Waals surface area contributed by atoms with Gasteiger partial charge >= 0.3 is 0 Å². The van der Waals surface area contributed by atoms with Crippen molar-refractivity contribution in [3.63, 3.8) is 0 Å². The van der Waals surface area contributed by atoms with Crippen molar-refractivity contribution in [2.75, 3.05) is 0 Å². The van der Waals surface area contributed by atoms with Gasteiger partial charge in [-0.2, -0.15) is 0 Å². The molecular formula is C42H24OS3. The molecule has 4 heteroatoms. The Hall–Kier alpha value is -5.00. The summed E-state index contributed by atoms with van der Waals surface area (Å²) < 4.78 is 7.46. The molecule has 10 rings (SSSR count). The Morgan fingerprint density at radius 2 is 0.674 bits per heavy atom. The molecule has 0 atom stereocenters. The van der Waals surface area contributed by atoms with Crippen LogP contribution in [0.25, 0.3) is 93.9 Å². The first-order valence-electron chi connectivity index (χ1n) is 15.3. The van der Waals surface area contributed by atoms with Crippen molar-refractivity contribution >= 4 is 94.5 Å². The van der Waals surface area contributed by atoms with Crippen LogP contribution in [0.4, 0.5) is 0 Å². The summed E-state index contributed by atoms with van der Waals surface area (Å²) in [6.45, 7) is 0. The van der Waals surface area contributed by atoms with E-state index in [0.717, 1.165) is 27.8 Å². The molecule has 7 aromatic carbocycles. The number of hydrogen-bond donors (Lipinski definition) is 1. The fourth-order valence-corrected chi connectivity index (χ4v) is 10.8. The molecular weight excluding hydrogens is 617 g/mol. The van der Waals surface area contributed by atoms with Crippen molar-refractivity contribution < 1.29 is 5.11 Å². The number of thiophene rings is 3. The van der Waals surface area contributed by atoms with E-state index in [9.17, 15) is 5.11 Å². The van der Waals surface area contributed by atoms with Gasteiger partial charge in [0.05, 0.1) is 0 Å². The highest BCUT2D eigenvalue weighted by atomic mass is 32.1. The molecule has 3 heterocycles. The minimum Gasteiger partial charge on any atom is -0.507 e. The molecule has 216 valence electrons. The summed E-state index contributed by atoms with van der Waals surface area (Å²) >= 11 is 5.44. The average Bonchev–Trinajstić information content (AvgIpc) is 3.80. The molecule has 0 bridgehead atoms. The molecule has 10 aromatic rings. The normalized spacial score (nSPS) is 12.0. The molecule has 0 aliphatic carbocycles. The molecule has 0 saturated heterocycles. The molecule has 0 spiro atoms. The summed E-state index contributed by atoms with van der Waals surface area (Å²) in [5, 5.41) is 19.9. The molecule has 46 heavy (non-hydrogen) atoms. The Morgan fingerprint density at radius 3 is 1.11 bits per heavy atom. The molecule has 0 aliphatic heterocycles. The molecule has 0 unspecified atom stereocenters. The third-order valence-electron chi connectivity index (χ3n) is 9.21. The van der Waals surface area contributed by atoms with Crippen molar-refractivity contribution in [1.29, 1.82) is 0 Å². The van der Waals surface area contributed by atoms with E-state index in [2.05, 4.69) is 140 Å². The Kier molecular flexibility index (Phi) is 5.70. The third-order valence-corrected chi connectivity index (χ3v) is 12.9. The molecule has 1 N–H and O–H groups in total. The summed E-state index contributed by atoms with van der Waals surface area (Å²) in [5.74, 6) is 0.321. The van der Waals surface area contributed by atoms with Gasteiger partial charge in [0.25, 0.3) is 0 Å². The van der Waals surface area contributed by atoms with Gasteiger partial charge < -0.3 is 5.11 Å². The second-order valence-electron chi connectivity index (χ2n) is 11.8. The Morgan fingerprint density at radius 1 is 0.326 bits per heavy atom. The fourth-order valence-electron chi connectivity index (χ4n) is 7.09. The maximum atomic E-state index is 12.4. The molecule has 0 radical (unpaired) electrons. The second kappa shape index (κ2) is 10.0. The van der Waals surface area contributed by atoms with Gasteiger partial charge in [0, 0.05) is 82.8 Å². The molecule has 0 aliphatic rings. The molecule has 1 nitrogen and oxygen atoms in total. The molecule has 0 saturated carbocycles. The fraction of sp³-hybridized carbons (Fsp3) is 0. The van der Waals surface area contributed by atoms with Crippen LogP contribution in [0.1, 0.15) is 0 Å². The zero-order chi connectivity index (χ0) is 30.4. The highest BCUT2D eigenvalue weighted by Crippen LogP contribution is 2.50. The summed E-state index contributed by atoms with van der Waals surface area (Å²) in [6, 6.07) is 49.9. The largest absolute Gasteiger partial charge is 0.507 e. The quantitative estimate of drug-likeness (QED) is 0.204. The zero-order valence-corrected chi connectivity index (χ0v) is 26.9. The van der Waals surface area contributed by atoms with Crippen LogP contribution < -0.4 is 0 Å². The van der Waals surface area contributed by atoms with E-state index in [1.165, 1.54) is 66.1 Å². The van der Waals surface area contributed by atoms with E-state index >= 15 is 0 Å². The molecule has 0 amide bonds. The Balaban J connectivity index is 1.32. The number of aromatic hydroxyl groups is 1. The molecule has 0 fully saturated rings. The van der Waals surface area contributed by atoms with Crippen LogP contribution in [0.3, 0.4) is 0 Å². The van der Waals surface area contributed by atoms with Crippen molar-refractivity contribution in [2.45, 2.75) is 0 Å². The number of hydrogen-bond acceptors (Lipinski definition) is 4. The minimum atomic E-state index is 0.321. The van der Waals surface area contributed by atoms with Gasteiger partial charge in [-0.1, -0.05) is 109 Å². The predicted molar refractivity (Wildman–Crippen MR) is 203 cm³/mol. The Labute approximate surface area is 276 Å². The summed E-state index contributed by atoms with van der Waals surface area (Å²) in [4.78, 5) is 0. The van der Waals surface area contributed by atoms with Crippen molar-refractivity contribution in [3.8, 4) is 39.1 Å². The van der Waals surface area contributed by atoms with Crippen molar-refractivity contribution in [1.82, 2.24) is 0 Å². The van der Waals surface area contributed by atoms with Crippen LogP contribution in [0.5, 0.6) is 5.75 Å². The number of phenolic OH excluding ortho intramolecular Hbond substituents is 1. The van der Waals surface area contributed by atoms with Gasteiger partial charge in [-0.05, 0) is 41.5 Å². The third kappa shape index (κ3) is 3.78. The number of fused-ring (bicyclic) bond motifs is 9. The first-order chi connectivity index (χ1) is 22.7. The lowest BCUT2D eigenvalue weighted by atomic mass is 9.90. The highest BCUT2D eigenvalue weighted by molar-refractivity contribution is 7.27. The van der Waals surface area contributed by atoms with Crippen LogP contribution in [0.2, 0.25) is 0 Å². The SMILES string of the molecule is Oc1c(-c2cccc3c2sc2ccccc23)cc(-c2cccc3c2sc2ccccc23)cc1-c1cccc2c1sc1ccccc12. The van der Waals surface area contributed by atoms with E-state index in [-0.39, 0.29) is 0 Å². The van der Waals surface area contributed by atoms with Crippen LogP contribution in [-0.2, 0) is 0 Å². The van der Waals surface area contributed by atoms with Gasteiger partial charge in [-0.25, -0.2) is 0 Å². The topological polar surface area (TPSA) is 20.2 Å². The van der Waals surface area contributed by atoms with E-state index in [0.29, 0.717) is 5.75 Å². The first kappa shape index (κ1) is 26.2. The maximum absolute atomic E-state index is 12.4. The molecule has 3 aromatic heterocycles. The van der Waals surface area contributed by atoms with E-state index in [1.54, 1.807) is 22.7 Å². The van der Waals surface area contributed by atoms with Crippen molar-refractivity contribution in [2.24, 2.45) is 0 Å². The lowest BCUT2D eigenvalue weighted by Crippen LogP contribution is -1.89. The van der Waals surface area contributed by atoms with Gasteiger partial charge in [0.15, 0.2) is 0 Å². The van der Waals surface area contributed by atoms with Crippen molar-refractivity contribution in [3.05, 3.63) is 140 Å². The van der Waals surface area contributed by atoms with Crippen LogP contribution in [-0.4, -0.2) is 5.11 Å². The Bertz CT molecular complexity index is 2690. The average molecular weight is 641 g/mol. The number of rotatable bonds is 3. The van der Waals surface area contributed by atoms with E-state index < -0.39 is 0 Å². The van der Waals surface area contributed by atoms with Gasteiger partial charge in [0.1, 0.15) is 5.75 Å². The maximum Gasteiger partial charge on any atom is 0.131 e. The van der Waals surface area contributed by atoms with Crippen LogP contribution in [0.15, 0.2) is 140 Å². The lowest BCUT2D eigenvalue weighted by molar-refractivity contribution is 0.479. The monoisotopic (exact) mass is 640 g/mol. The number of benzene rings is 7. The van der Waals surface area contributed by atoms with E-state index in [1.807, 2.05) is 11.3 Å². The van der Waals surface area contributed by atoms with Gasteiger partial charge in [-0.3, -0.25) is 0 Å². The summed E-state index contributed by atoms with van der Waals surface area (Å²) in [6.07, 6.45) is 0. The minimum absolute atomic E-state index is 0.321. The first-order valence-corrected chi connectivity index (χ1v) is 17.8. The summed E-state index contributed by atoms with van der Waals surface area (Å²) in [5.41, 5.74) is 6.14. The number of phenols is 1. The van der Waals surface area contributed by atoms with Crippen LogP contribution >= 0.6 is 34.0 Å². The van der Waals surface area contributed by atoms with Crippen LogP contribution in [0, 0.1) is 0 Å². The highest BCUT2D eigenvalue weighted by Gasteiger charge is 2.21. The standard InChI is InChI=1S/C42H24OS3/c43-39-34(32-17-8-15-30-27-11-2-5-20-37(27)45-41(30)32)22-24(25-13-7-14-29-26-10-1-4-19-36(26)44-40(25)29)23-35(39)33-18-9-16-31-28-12-3-6-21-38(28)46-42(31)33/h1-23,43H. The zero-order valence-electron chi connectivity index (χ0n) is 24.5. The summed E-state index contributed by atoms with van der Waals surface area (Å²) in [7, 11) is 0. The van der Waals surface area contributed by atoms with Gasteiger partial charge in [0.2, 0.25) is 0 Å². The smallest absolute Gasteiger partial charge is 0.131 e. The van der Waals surface area contributed by atoms with Gasteiger partial charge in [-0.15, -0.1) is 34.0 Å². The predicted octanol–water partition coefficient (Wildman–Crippen LogP) is 13.5.